The van der Waals surface area contributed by atoms with E-state index in [0.29, 0.717) is 5.69 Å². The first-order valence-electron chi connectivity index (χ1n) is 5.45. The Kier molecular flexibility index (Phi) is 3.67. The topological polar surface area (TPSA) is 57.9 Å². The van der Waals surface area contributed by atoms with Crippen LogP contribution in [-0.4, -0.2) is 9.97 Å². The fourth-order valence-electron chi connectivity index (χ4n) is 1.57. The van der Waals surface area contributed by atoms with Crippen molar-refractivity contribution in [2.45, 2.75) is 13.1 Å². The van der Waals surface area contributed by atoms with Gasteiger partial charge in [0.1, 0.15) is 5.75 Å². The molecule has 1 heterocycles. The summed E-state index contributed by atoms with van der Waals surface area (Å²) in [5, 5.41) is 0. The molecular weight excluding hydrogens is 293 g/mol. The average molecular weight is 302 g/mol. The summed E-state index contributed by atoms with van der Waals surface area (Å²) >= 11 is 4.77. The summed E-state index contributed by atoms with van der Waals surface area (Å²) in [6, 6.07) is 4.27. The van der Waals surface area contributed by atoms with E-state index in [-0.39, 0.29) is 16.3 Å². The molecule has 0 saturated heterocycles. The van der Waals surface area contributed by atoms with Crippen LogP contribution in [0.25, 0.3) is 0 Å². The van der Waals surface area contributed by atoms with Crippen molar-refractivity contribution < 1.29 is 17.9 Å². The van der Waals surface area contributed by atoms with Gasteiger partial charge < -0.3 is 9.72 Å². The van der Waals surface area contributed by atoms with Gasteiger partial charge in [-0.05, 0) is 37.3 Å². The molecule has 20 heavy (non-hydrogen) atoms. The van der Waals surface area contributed by atoms with E-state index in [1.807, 2.05) is 0 Å². The fraction of sp³-hybridized carbons (Fsp3) is 0.167. The maximum Gasteiger partial charge on any atom is 0.416 e. The van der Waals surface area contributed by atoms with Crippen LogP contribution in [0.2, 0.25) is 0 Å². The molecule has 0 aliphatic carbocycles. The molecular formula is C12H9F3N2O2S. The predicted octanol–water partition coefficient (Wildman–Crippen LogP) is 3.55. The second-order valence-electron chi connectivity index (χ2n) is 3.99. The third-order valence-electron chi connectivity index (χ3n) is 2.46. The number of ether oxygens (including phenoxy) is 1. The summed E-state index contributed by atoms with van der Waals surface area (Å²) in [5.74, 6) is -0.211. The van der Waals surface area contributed by atoms with Crippen LogP contribution in [0, 0.1) is 11.7 Å². The number of aromatic nitrogens is 2. The van der Waals surface area contributed by atoms with Gasteiger partial charge in [-0.15, -0.1) is 0 Å². The Hall–Kier alpha value is -2.09. The monoisotopic (exact) mass is 302 g/mol. The lowest BCUT2D eigenvalue weighted by atomic mass is 10.2. The Morgan fingerprint density at radius 2 is 1.95 bits per heavy atom. The van der Waals surface area contributed by atoms with Crippen molar-refractivity contribution in [3.05, 3.63) is 50.6 Å². The minimum absolute atomic E-state index is 0.0843. The number of rotatable bonds is 2. The minimum atomic E-state index is -4.47. The van der Waals surface area contributed by atoms with Crippen molar-refractivity contribution in [2.24, 2.45) is 0 Å². The number of hydrogen-bond donors (Lipinski definition) is 2. The Labute approximate surface area is 116 Å². The summed E-state index contributed by atoms with van der Waals surface area (Å²) in [7, 11) is 0. The van der Waals surface area contributed by atoms with Crippen LogP contribution in [0.3, 0.4) is 0 Å². The molecule has 8 heteroatoms. The average Bonchev–Trinajstić information content (AvgIpc) is 2.33. The van der Waals surface area contributed by atoms with Gasteiger partial charge in [0.25, 0.3) is 5.56 Å². The number of alkyl halides is 3. The lowest BCUT2D eigenvalue weighted by Gasteiger charge is -2.10. The molecule has 0 spiro atoms. The highest BCUT2D eigenvalue weighted by atomic mass is 32.1. The predicted molar refractivity (Wildman–Crippen MR) is 68.5 cm³/mol. The molecule has 4 nitrogen and oxygen atoms in total. The van der Waals surface area contributed by atoms with Gasteiger partial charge >= 0.3 is 6.18 Å². The Morgan fingerprint density at radius 1 is 1.25 bits per heavy atom. The maximum absolute atomic E-state index is 12.6. The largest absolute Gasteiger partial charge is 0.450 e. The van der Waals surface area contributed by atoms with E-state index in [1.165, 1.54) is 19.1 Å². The number of aryl methyl sites for hydroxylation is 1. The van der Waals surface area contributed by atoms with Crippen molar-refractivity contribution in [3.63, 3.8) is 0 Å². The highest BCUT2D eigenvalue weighted by molar-refractivity contribution is 7.71. The van der Waals surface area contributed by atoms with Gasteiger partial charge in [0.15, 0.2) is 4.77 Å². The van der Waals surface area contributed by atoms with Crippen LogP contribution in [0.4, 0.5) is 13.2 Å². The molecule has 0 fully saturated rings. The molecule has 1 aromatic carbocycles. The third-order valence-corrected chi connectivity index (χ3v) is 2.66. The van der Waals surface area contributed by atoms with E-state index in [9.17, 15) is 18.0 Å². The van der Waals surface area contributed by atoms with E-state index in [1.54, 1.807) is 0 Å². The normalized spacial score (nSPS) is 11.4. The van der Waals surface area contributed by atoms with Crippen LogP contribution in [-0.2, 0) is 6.18 Å². The minimum Gasteiger partial charge on any atom is -0.450 e. The van der Waals surface area contributed by atoms with Gasteiger partial charge in [0.2, 0.25) is 5.75 Å². The second-order valence-corrected chi connectivity index (χ2v) is 4.40. The van der Waals surface area contributed by atoms with Gasteiger partial charge in [-0.2, -0.15) is 13.2 Å². The summed E-state index contributed by atoms with van der Waals surface area (Å²) in [5.41, 5.74) is -1.13. The lowest BCUT2D eigenvalue weighted by molar-refractivity contribution is -0.137. The van der Waals surface area contributed by atoms with E-state index in [0.717, 1.165) is 12.1 Å². The zero-order chi connectivity index (χ0) is 14.9. The van der Waals surface area contributed by atoms with Gasteiger partial charge in [0, 0.05) is 0 Å². The van der Waals surface area contributed by atoms with Crippen molar-refractivity contribution in [2.75, 3.05) is 0 Å². The van der Waals surface area contributed by atoms with Crippen molar-refractivity contribution >= 4 is 12.2 Å². The number of H-pyrrole nitrogens is 2. The highest BCUT2D eigenvalue weighted by Crippen LogP contribution is 2.32. The molecule has 0 unspecified atom stereocenters. The zero-order valence-corrected chi connectivity index (χ0v) is 11.0. The molecule has 0 saturated carbocycles. The van der Waals surface area contributed by atoms with Crippen LogP contribution in [0.1, 0.15) is 11.3 Å². The molecule has 2 aromatic rings. The molecule has 2 rings (SSSR count). The van der Waals surface area contributed by atoms with Crippen LogP contribution < -0.4 is 10.3 Å². The van der Waals surface area contributed by atoms with Gasteiger partial charge in [-0.25, -0.2) is 0 Å². The first-order chi connectivity index (χ1) is 9.27. The molecule has 2 N–H and O–H groups in total. The fourth-order valence-corrected chi connectivity index (χ4v) is 1.81. The highest BCUT2D eigenvalue weighted by Gasteiger charge is 2.30. The summed E-state index contributed by atoms with van der Waals surface area (Å²) < 4.78 is 43.0. The maximum atomic E-state index is 12.6. The van der Waals surface area contributed by atoms with Gasteiger partial charge in [0.05, 0.1) is 11.3 Å². The molecule has 0 amide bonds. The van der Waals surface area contributed by atoms with Crippen LogP contribution >= 0.6 is 12.2 Å². The number of halogens is 3. The molecule has 0 aliphatic heterocycles. The molecule has 0 atom stereocenters. The summed E-state index contributed by atoms with van der Waals surface area (Å²) in [4.78, 5) is 16.6. The Balaban J connectivity index is 2.41. The molecule has 0 bridgehead atoms. The SMILES string of the molecule is Cc1[nH]c(=S)[nH]c(=O)c1Oc1cccc(C(F)(F)F)c1. The molecule has 0 radical (unpaired) electrons. The van der Waals surface area contributed by atoms with Crippen molar-refractivity contribution in [3.8, 4) is 11.5 Å². The molecule has 0 aliphatic rings. The first-order valence-corrected chi connectivity index (χ1v) is 5.86. The Morgan fingerprint density at radius 3 is 2.55 bits per heavy atom. The molecule has 1 aromatic heterocycles. The van der Waals surface area contributed by atoms with Gasteiger partial charge in [-0.3, -0.25) is 9.78 Å². The van der Waals surface area contributed by atoms with E-state index in [2.05, 4.69) is 9.97 Å². The standard InChI is InChI=1S/C12H9F3N2O2S/c1-6-9(10(18)17-11(20)16-6)19-8-4-2-3-7(5-8)12(13,14)15/h2-5H,1H3,(H2,16,17,18,20). The number of hydrogen-bond acceptors (Lipinski definition) is 3. The van der Waals surface area contributed by atoms with Crippen LogP contribution in [0.5, 0.6) is 11.5 Å². The van der Waals surface area contributed by atoms with E-state index >= 15 is 0 Å². The second kappa shape index (κ2) is 5.12. The molecule has 106 valence electrons. The van der Waals surface area contributed by atoms with Crippen molar-refractivity contribution in [1.82, 2.24) is 9.97 Å². The van der Waals surface area contributed by atoms with E-state index in [4.69, 9.17) is 17.0 Å². The smallest absolute Gasteiger partial charge is 0.416 e. The summed E-state index contributed by atoms with van der Waals surface area (Å²) in [6.07, 6.45) is -4.47. The van der Waals surface area contributed by atoms with E-state index < -0.39 is 17.3 Å². The summed E-state index contributed by atoms with van der Waals surface area (Å²) in [6.45, 7) is 1.54. The van der Waals surface area contributed by atoms with Crippen molar-refractivity contribution in [1.29, 1.82) is 0 Å². The first kappa shape index (κ1) is 14.3. The third kappa shape index (κ3) is 3.08. The zero-order valence-electron chi connectivity index (χ0n) is 10.2. The van der Waals surface area contributed by atoms with Gasteiger partial charge in [-0.1, -0.05) is 6.07 Å². The number of nitrogens with one attached hydrogen (secondary N) is 2. The Bertz CT molecular complexity index is 749. The number of aromatic amines is 2. The van der Waals surface area contributed by atoms with Crippen LogP contribution in [0.15, 0.2) is 29.1 Å². The quantitative estimate of drug-likeness (QED) is 0.834. The lowest BCUT2D eigenvalue weighted by Crippen LogP contribution is -2.12. The number of benzene rings is 1.